The molecule has 0 radical (unpaired) electrons. The van der Waals surface area contributed by atoms with E-state index in [1.54, 1.807) is 18.6 Å². The highest BCUT2D eigenvalue weighted by Crippen LogP contribution is 2.13. The molecule has 1 unspecified atom stereocenters. The summed E-state index contributed by atoms with van der Waals surface area (Å²) in [6, 6.07) is 1.95. The minimum Gasteiger partial charge on any atom is -0.360 e. The molecule has 0 fully saturated rings. The van der Waals surface area contributed by atoms with Crippen LogP contribution in [0.4, 0.5) is 5.82 Å². The largest absolute Gasteiger partial charge is 0.360 e. The third-order valence-electron chi connectivity index (χ3n) is 2.07. The molecule has 0 aliphatic rings. The molecule has 0 amide bonds. The van der Waals surface area contributed by atoms with Crippen LogP contribution in [0.15, 0.2) is 24.7 Å². The van der Waals surface area contributed by atoms with E-state index in [4.69, 9.17) is 0 Å². The number of hydrogen-bond donors (Lipinski definition) is 2. The van der Waals surface area contributed by atoms with Crippen LogP contribution in [0.5, 0.6) is 0 Å². The van der Waals surface area contributed by atoms with Gasteiger partial charge in [-0.1, -0.05) is 0 Å². The van der Waals surface area contributed by atoms with Gasteiger partial charge in [0.1, 0.15) is 17.5 Å². The van der Waals surface area contributed by atoms with Crippen molar-refractivity contribution in [2.75, 3.05) is 5.32 Å². The number of aromatic amines is 1. The predicted molar refractivity (Wildman–Crippen MR) is 57.4 cm³/mol. The van der Waals surface area contributed by atoms with Crippen molar-refractivity contribution in [2.24, 2.45) is 0 Å². The number of H-pyrrole nitrogens is 1. The van der Waals surface area contributed by atoms with Crippen molar-refractivity contribution in [2.45, 2.75) is 19.9 Å². The summed E-state index contributed by atoms with van der Waals surface area (Å²) < 4.78 is 0. The molecule has 0 aromatic carbocycles. The molecule has 2 heterocycles. The Bertz CT molecular complexity index is 423. The van der Waals surface area contributed by atoms with Gasteiger partial charge in [0.05, 0.1) is 6.04 Å². The molecule has 0 saturated carbocycles. The van der Waals surface area contributed by atoms with Crippen LogP contribution < -0.4 is 5.32 Å². The normalized spacial score (nSPS) is 12.4. The summed E-state index contributed by atoms with van der Waals surface area (Å²) in [5.74, 6) is 2.46. The fraction of sp³-hybridized carbons (Fsp3) is 0.300. The quantitative estimate of drug-likeness (QED) is 0.796. The lowest BCUT2D eigenvalue weighted by molar-refractivity contribution is 0.800. The number of rotatable bonds is 3. The maximum Gasteiger partial charge on any atom is 0.130 e. The summed E-state index contributed by atoms with van der Waals surface area (Å²) in [5, 5.41) is 3.24. The lowest BCUT2D eigenvalue weighted by atomic mass is 10.3. The van der Waals surface area contributed by atoms with E-state index in [9.17, 15) is 0 Å². The number of nitrogens with one attached hydrogen (secondary N) is 2. The Kier molecular flexibility index (Phi) is 2.62. The molecule has 78 valence electrons. The summed E-state index contributed by atoms with van der Waals surface area (Å²) in [6.45, 7) is 3.89. The fourth-order valence-corrected chi connectivity index (χ4v) is 1.34. The first-order valence-corrected chi connectivity index (χ1v) is 4.81. The maximum atomic E-state index is 4.26. The van der Waals surface area contributed by atoms with Crippen molar-refractivity contribution >= 4 is 5.82 Å². The minimum atomic E-state index is 0.106. The molecule has 0 saturated heterocycles. The summed E-state index contributed by atoms with van der Waals surface area (Å²) >= 11 is 0. The van der Waals surface area contributed by atoms with E-state index in [0.29, 0.717) is 0 Å². The minimum absolute atomic E-state index is 0.106. The number of aryl methyl sites for hydroxylation is 1. The molecule has 0 aliphatic heterocycles. The van der Waals surface area contributed by atoms with Crippen LogP contribution in [-0.4, -0.2) is 19.9 Å². The number of hydrogen-bond acceptors (Lipinski definition) is 4. The van der Waals surface area contributed by atoms with Gasteiger partial charge >= 0.3 is 0 Å². The first kappa shape index (κ1) is 9.64. The Labute approximate surface area is 88.0 Å². The maximum absolute atomic E-state index is 4.26. The third kappa shape index (κ3) is 2.31. The SMILES string of the molecule is Cc1nccc(NC(C)c2ncc[nH]2)n1. The van der Waals surface area contributed by atoms with Gasteiger partial charge in [0.2, 0.25) is 0 Å². The Hall–Kier alpha value is -1.91. The van der Waals surface area contributed by atoms with E-state index in [1.807, 2.05) is 19.9 Å². The van der Waals surface area contributed by atoms with E-state index in [0.717, 1.165) is 17.5 Å². The number of imidazole rings is 1. The first-order chi connectivity index (χ1) is 7.25. The zero-order valence-electron chi connectivity index (χ0n) is 8.73. The second-order valence-corrected chi connectivity index (χ2v) is 3.33. The van der Waals surface area contributed by atoms with Crippen LogP contribution in [0, 0.1) is 6.92 Å². The van der Waals surface area contributed by atoms with E-state index in [1.165, 1.54) is 0 Å². The predicted octanol–water partition coefficient (Wildman–Crippen LogP) is 1.68. The molecule has 2 rings (SSSR count). The lowest BCUT2D eigenvalue weighted by Crippen LogP contribution is -2.10. The third-order valence-corrected chi connectivity index (χ3v) is 2.07. The summed E-state index contributed by atoms with van der Waals surface area (Å²) in [4.78, 5) is 15.5. The average Bonchev–Trinajstić information content (AvgIpc) is 2.70. The van der Waals surface area contributed by atoms with Crippen LogP contribution in [0.2, 0.25) is 0 Å². The molecule has 5 heteroatoms. The van der Waals surface area contributed by atoms with Crippen molar-refractivity contribution in [3.05, 3.63) is 36.3 Å². The zero-order valence-corrected chi connectivity index (χ0v) is 8.73. The second kappa shape index (κ2) is 4.08. The highest BCUT2D eigenvalue weighted by molar-refractivity contribution is 5.34. The highest BCUT2D eigenvalue weighted by Gasteiger charge is 2.07. The summed E-state index contributed by atoms with van der Waals surface area (Å²) in [5.41, 5.74) is 0. The van der Waals surface area contributed by atoms with Crippen LogP contribution in [-0.2, 0) is 0 Å². The van der Waals surface area contributed by atoms with Gasteiger partial charge in [-0.25, -0.2) is 15.0 Å². The molecule has 5 nitrogen and oxygen atoms in total. The van der Waals surface area contributed by atoms with Gasteiger partial charge < -0.3 is 10.3 Å². The highest BCUT2D eigenvalue weighted by atomic mass is 15.1. The van der Waals surface area contributed by atoms with E-state index < -0.39 is 0 Å². The van der Waals surface area contributed by atoms with Crippen LogP contribution in [0.1, 0.15) is 24.6 Å². The summed E-state index contributed by atoms with van der Waals surface area (Å²) in [6.07, 6.45) is 5.27. The van der Waals surface area contributed by atoms with Gasteiger partial charge in [-0.3, -0.25) is 0 Å². The van der Waals surface area contributed by atoms with Gasteiger partial charge in [-0.15, -0.1) is 0 Å². The van der Waals surface area contributed by atoms with Gasteiger partial charge in [0, 0.05) is 18.6 Å². The Morgan fingerprint density at radius 2 is 2.20 bits per heavy atom. The van der Waals surface area contributed by atoms with E-state index in [2.05, 4.69) is 25.3 Å². The van der Waals surface area contributed by atoms with Crippen LogP contribution >= 0.6 is 0 Å². The van der Waals surface area contributed by atoms with Gasteiger partial charge in [0.15, 0.2) is 0 Å². The van der Waals surface area contributed by atoms with Crippen molar-refractivity contribution in [3.8, 4) is 0 Å². The molecular weight excluding hydrogens is 190 g/mol. The molecule has 2 N–H and O–H groups in total. The first-order valence-electron chi connectivity index (χ1n) is 4.81. The van der Waals surface area contributed by atoms with Gasteiger partial charge in [-0.2, -0.15) is 0 Å². The Morgan fingerprint density at radius 3 is 2.87 bits per heavy atom. The lowest BCUT2D eigenvalue weighted by Gasteiger charge is -2.11. The summed E-state index contributed by atoms with van der Waals surface area (Å²) in [7, 11) is 0. The monoisotopic (exact) mass is 203 g/mol. The van der Waals surface area contributed by atoms with Gasteiger partial charge in [0.25, 0.3) is 0 Å². The number of nitrogens with zero attached hydrogens (tertiary/aromatic N) is 3. The molecule has 15 heavy (non-hydrogen) atoms. The topological polar surface area (TPSA) is 66.5 Å². The Morgan fingerprint density at radius 1 is 1.33 bits per heavy atom. The van der Waals surface area contributed by atoms with Crippen molar-refractivity contribution < 1.29 is 0 Å². The van der Waals surface area contributed by atoms with Gasteiger partial charge in [-0.05, 0) is 19.9 Å². The van der Waals surface area contributed by atoms with E-state index in [-0.39, 0.29) is 6.04 Å². The molecule has 0 spiro atoms. The number of aromatic nitrogens is 4. The Balaban J connectivity index is 2.09. The van der Waals surface area contributed by atoms with Crippen molar-refractivity contribution in [1.82, 2.24) is 19.9 Å². The van der Waals surface area contributed by atoms with Crippen molar-refractivity contribution in [3.63, 3.8) is 0 Å². The van der Waals surface area contributed by atoms with E-state index >= 15 is 0 Å². The number of anilines is 1. The smallest absolute Gasteiger partial charge is 0.130 e. The molecule has 2 aromatic heterocycles. The molecule has 0 bridgehead atoms. The van der Waals surface area contributed by atoms with Crippen LogP contribution in [0.3, 0.4) is 0 Å². The second-order valence-electron chi connectivity index (χ2n) is 3.33. The van der Waals surface area contributed by atoms with Crippen LogP contribution in [0.25, 0.3) is 0 Å². The fourth-order valence-electron chi connectivity index (χ4n) is 1.34. The molecule has 2 aromatic rings. The molecular formula is C10H13N5. The zero-order chi connectivity index (χ0) is 10.7. The average molecular weight is 203 g/mol. The molecule has 1 atom stereocenters. The van der Waals surface area contributed by atoms with Crippen molar-refractivity contribution in [1.29, 1.82) is 0 Å². The standard InChI is InChI=1S/C10H13N5/c1-7(10-12-5-6-13-10)14-9-3-4-11-8(2)15-9/h3-7H,1-2H3,(H,12,13)(H,11,14,15). The molecule has 0 aliphatic carbocycles.